The lowest BCUT2D eigenvalue weighted by atomic mass is 10.4. The molecule has 2 aliphatic rings. The Balaban J connectivity index is 2.22. The Morgan fingerprint density at radius 2 is 1.48 bits per heavy atom. The van der Waals surface area contributed by atoms with Crippen molar-refractivity contribution < 1.29 is 39.2 Å². The predicted molar refractivity (Wildman–Crippen MR) is 117 cm³/mol. The van der Waals surface area contributed by atoms with Gasteiger partial charge >= 0.3 is 44.5 Å². The van der Waals surface area contributed by atoms with Crippen LogP contribution in [0, 0.1) is 0 Å². The fraction of sp³-hybridized carbons (Fsp3) is 1.00. The first kappa shape index (κ1) is 26.0. The van der Waals surface area contributed by atoms with Gasteiger partial charge in [-0.1, -0.05) is 0 Å². The highest BCUT2D eigenvalue weighted by molar-refractivity contribution is 6.87. The molecule has 0 spiro atoms. The van der Waals surface area contributed by atoms with Crippen molar-refractivity contribution in [1.82, 2.24) is 0 Å². The summed E-state index contributed by atoms with van der Waals surface area (Å²) in [6, 6.07) is 1.28. The van der Waals surface area contributed by atoms with E-state index in [4.69, 9.17) is 39.2 Å². The van der Waals surface area contributed by atoms with Crippen LogP contribution < -0.4 is 0 Å². The summed E-state index contributed by atoms with van der Waals surface area (Å²) in [5, 5.41) is 0. The number of ether oxygens (including phenoxy) is 2. The van der Waals surface area contributed by atoms with E-state index in [0.717, 1.165) is 6.42 Å². The summed E-state index contributed by atoms with van der Waals surface area (Å²) in [4.78, 5) is 0. The lowest BCUT2D eigenvalue weighted by Crippen LogP contribution is -2.62. The van der Waals surface area contributed by atoms with Crippen molar-refractivity contribution in [3.63, 3.8) is 0 Å². The van der Waals surface area contributed by atoms with Gasteiger partial charge in [-0.05, 0) is 38.7 Å². The van der Waals surface area contributed by atoms with Crippen LogP contribution in [0.2, 0.25) is 43.8 Å². The van der Waals surface area contributed by atoms with Crippen molar-refractivity contribution >= 4 is 44.5 Å². The van der Waals surface area contributed by atoms with Crippen LogP contribution in [0.25, 0.3) is 0 Å². The van der Waals surface area contributed by atoms with Gasteiger partial charge in [0.1, 0.15) is 0 Å². The number of hydrogen-bond donors (Lipinski definition) is 0. The second-order valence-electron chi connectivity index (χ2n) is 7.54. The average Bonchev–Trinajstić information content (AvgIpc) is 2.61. The van der Waals surface area contributed by atoms with Gasteiger partial charge in [0.05, 0.1) is 13.2 Å². The van der Waals surface area contributed by atoms with Gasteiger partial charge in [0, 0.05) is 46.1 Å². The van der Waals surface area contributed by atoms with Gasteiger partial charge in [0.25, 0.3) is 0 Å². The van der Waals surface area contributed by atoms with Crippen LogP contribution in [0.3, 0.4) is 0 Å². The molecule has 0 bridgehead atoms. The van der Waals surface area contributed by atoms with Gasteiger partial charge < -0.3 is 39.2 Å². The Hall–Kier alpha value is 0.724. The molecule has 0 aromatic rings. The Morgan fingerprint density at radius 3 is 2.03 bits per heavy atom. The molecule has 0 aromatic heterocycles. The standard InChI is InChI=1S/C15H36O9Si5/c1-16-29(17-2,18-3)12-11-27(6)22-25(4)21-26(5)23-28(7,24-27)15-13-19-9-8-10-20-14-15/h15H,8-14H2,1-7H3. The van der Waals surface area contributed by atoms with Crippen LogP contribution in [0.15, 0.2) is 0 Å². The minimum Gasteiger partial charge on any atom is -0.415 e. The molecule has 14 heteroatoms. The van der Waals surface area contributed by atoms with Crippen molar-refractivity contribution in [2.24, 2.45) is 0 Å². The second-order valence-corrected chi connectivity index (χ2v) is 21.5. The highest BCUT2D eigenvalue weighted by Gasteiger charge is 2.54. The summed E-state index contributed by atoms with van der Waals surface area (Å²) in [6.07, 6.45) is 0.910. The maximum absolute atomic E-state index is 6.87. The molecule has 2 fully saturated rings. The van der Waals surface area contributed by atoms with E-state index in [-0.39, 0.29) is 5.54 Å². The lowest BCUT2D eigenvalue weighted by molar-refractivity contribution is 0.0276. The molecule has 0 aliphatic carbocycles. The fourth-order valence-corrected chi connectivity index (χ4v) is 22.6. The second kappa shape index (κ2) is 11.5. The van der Waals surface area contributed by atoms with E-state index in [1.165, 1.54) is 0 Å². The molecule has 2 rings (SSSR count). The Kier molecular flexibility index (Phi) is 10.3. The van der Waals surface area contributed by atoms with E-state index >= 15 is 0 Å². The predicted octanol–water partition coefficient (Wildman–Crippen LogP) is 2.13. The van der Waals surface area contributed by atoms with E-state index in [0.29, 0.717) is 38.5 Å². The zero-order valence-corrected chi connectivity index (χ0v) is 23.7. The molecule has 2 radical (unpaired) electrons. The molecule has 2 unspecified atom stereocenters. The molecule has 0 aromatic carbocycles. The largest absolute Gasteiger partial charge is 0.500 e. The first-order valence-corrected chi connectivity index (χ1v) is 20.4. The molecule has 2 aliphatic heterocycles. The molecule has 0 saturated carbocycles. The van der Waals surface area contributed by atoms with Crippen molar-refractivity contribution in [3.05, 3.63) is 0 Å². The molecule has 2 saturated heterocycles. The lowest BCUT2D eigenvalue weighted by Gasteiger charge is -2.45. The molecule has 29 heavy (non-hydrogen) atoms. The first-order chi connectivity index (χ1) is 13.7. The van der Waals surface area contributed by atoms with Crippen LogP contribution in [0.4, 0.5) is 0 Å². The smallest absolute Gasteiger partial charge is 0.415 e. The van der Waals surface area contributed by atoms with Gasteiger partial charge in [-0.2, -0.15) is 0 Å². The zero-order chi connectivity index (χ0) is 21.5. The van der Waals surface area contributed by atoms with Gasteiger partial charge in [-0.15, -0.1) is 0 Å². The Bertz CT molecular complexity index is 487. The minimum absolute atomic E-state index is 0.0571. The van der Waals surface area contributed by atoms with Crippen LogP contribution in [0.1, 0.15) is 6.42 Å². The third kappa shape index (κ3) is 7.38. The van der Waals surface area contributed by atoms with Crippen LogP contribution in [-0.2, 0) is 39.2 Å². The molecule has 2 heterocycles. The molecule has 0 amide bonds. The van der Waals surface area contributed by atoms with E-state index < -0.39 is 44.5 Å². The third-order valence-electron chi connectivity index (χ3n) is 5.19. The molecule has 9 nitrogen and oxygen atoms in total. The van der Waals surface area contributed by atoms with E-state index in [1.54, 1.807) is 21.3 Å². The molecule has 170 valence electrons. The number of rotatable bonds is 7. The van der Waals surface area contributed by atoms with Crippen molar-refractivity contribution in [1.29, 1.82) is 0 Å². The summed E-state index contributed by atoms with van der Waals surface area (Å²) in [6.45, 7) is 10.7. The Morgan fingerprint density at radius 1 is 0.931 bits per heavy atom. The molecule has 2 atom stereocenters. The van der Waals surface area contributed by atoms with Crippen LogP contribution in [-0.4, -0.2) is 92.3 Å². The molecular weight excluding hydrogens is 465 g/mol. The van der Waals surface area contributed by atoms with Crippen molar-refractivity contribution in [3.8, 4) is 0 Å². The number of hydrogen-bond acceptors (Lipinski definition) is 9. The average molecular weight is 501 g/mol. The topological polar surface area (TPSA) is 83.1 Å². The maximum Gasteiger partial charge on any atom is 0.500 e. The Labute approximate surface area is 181 Å². The zero-order valence-electron chi connectivity index (χ0n) is 18.7. The summed E-state index contributed by atoms with van der Waals surface area (Å²) >= 11 is 0. The van der Waals surface area contributed by atoms with E-state index in [9.17, 15) is 0 Å². The monoisotopic (exact) mass is 500 g/mol. The SMILES string of the molecule is CO[Si](CC[Si]1(C)O[Si](C)O[Si](C)O[Si](C)(C2COCCCOC2)O1)(OC)OC. The first-order valence-electron chi connectivity index (χ1n) is 9.94. The van der Waals surface area contributed by atoms with Crippen LogP contribution in [0.5, 0.6) is 0 Å². The van der Waals surface area contributed by atoms with Gasteiger partial charge in [-0.25, -0.2) is 0 Å². The highest BCUT2D eigenvalue weighted by Crippen LogP contribution is 2.35. The highest BCUT2D eigenvalue weighted by atomic mass is 28.5. The van der Waals surface area contributed by atoms with Crippen LogP contribution >= 0.6 is 0 Å². The van der Waals surface area contributed by atoms with E-state index in [1.807, 2.05) is 13.1 Å². The fourth-order valence-electron chi connectivity index (χ4n) is 3.57. The van der Waals surface area contributed by atoms with Gasteiger partial charge in [0.2, 0.25) is 0 Å². The van der Waals surface area contributed by atoms with E-state index in [2.05, 4.69) is 13.1 Å². The molecular formula is C15H36O9Si5. The minimum atomic E-state index is -2.74. The normalized spacial score (nSPS) is 32.4. The summed E-state index contributed by atoms with van der Waals surface area (Å²) in [5.41, 5.74) is 0.0571. The quantitative estimate of drug-likeness (QED) is 0.488. The van der Waals surface area contributed by atoms with Gasteiger partial charge in [0.15, 0.2) is 0 Å². The van der Waals surface area contributed by atoms with Gasteiger partial charge in [-0.3, -0.25) is 0 Å². The van der Waals surface area contributed by atoms with Crippen molar-refractivity contribution in [2.75, 3.05) is 47.8 Å². The summed E-state index contributed by atoms with van der Waals surface area (Å²) in [5.74, 6) is 0. The third-order valence-corrected chi connectivity index (χ3v) is 22.7. The summed E-state index contributed by atoms with van der Waals surface area (Å²) < 4.78 is 54.5. The van der Waals surface area contributed by atoms with Crippen molar-refractivity contribution in [2.45, 2.75) is 50.2 Å². The molecule has 0 N–H and O–H groups in total. The summed E-state index contributed by atoms with van der Waals surface area (Å²) in [7, 11) is -6.20. The maximum atomic E-state index is 6.87.